The first-order valence-corrected chi connectivity index (χ1v) is 11.4. The fourth-order valence-electron chi connectivity index (χ4n) is 3.26. The molecule has 4 rings (SSSR count). The van der Waals surface area contributed by atoms with Gasteiger partial charge in [0.2, 0.25) is 0 Å². The minimum absolute atomic E-state index is 0.0117. The van der Waals surface area contributed by atoms with E-state index in [2.05, 4.69) is 15.2 Å². The van der Waals surface area contributed by atoms with Gasteiger partial charge in [-0.1, -0.05) is 41.6 Å². The highest BCUT2D eigenvalue weighted by molar-refractivity contribution is 7.98. The third kappa shape index (κ3) is 4.54. The third-order valence-electron chi connectivity index (χ3n) is 5.03. The van der Waals surface area contributed by atoms with Crippen molar-refractivity contribution in [3.8, 4) is 17.1 Å². The predicted molar refractivity (Wildman–Crippen MR) is 128 cm³/mol. The number of carbonyl (C=O) groups is 1. The van der Waals surface area contributed by atoms with E-state index in [0.29, 0.717) is 16.3 Å². The second-order valence-electron chi connectivity index (χ2n) is 7.45. The second-order valence-corrected chi connectivity index (χ2v) is 8.80. The molecule has 32 heavy (non-hydrogen) atoms. The fourth-order valence-corrected chi connectivity index (χ4v) is 4.33. The molecule has 162 valence electrons. The van der Waals surface area contributed by atoms with Gasteiger partial charge in [-0.25, -0.2) is 0 Å². The highest BCUT2D eigenvalue weighted by Crippen LogP contribution is 2.32. The number of hydrogen-bond donors (Lipinski definition) is 0. The number of pyridine rings is 1. The van der Waals surface area contributed by atoms with Crippen LogP contribution in [0.2, 0.25) is 5.02 Å². The molecule has 4 aromatic rings. The van der Waals surface area contributed by atoms with Gasteiger partial charge in [-0.05, 0) is 54.4 Å². The molecule has 0 saturated carbocycles. The van der Waals surface area contributed by atoms with Gasteiger partial charge in [0.05, 0.1) is 5.69 Å². The average molecular weight is 464 g/mol. The molecule has 0 bridgehead atoms. The molecule has 0 atom stereocenters. The van der Waals surface area contributed by atoms with Crippen LogP contribution in [-0.4, -0.2) is 44.7 Å². The quantitative estimate of drug-likeness (QED) is 0.364. The molecule has 0 saturated heterocycles. The Hall–Kier alpha value is -3.16. The van der Waals surface area contributed by atoms with Gasteiger partial charge >= 0.3 is 0 Å². The zero-order chi connectivity index (χ0) is 22.7. The van der Waals surface area contributed by atoms with Gasteiger partial charge in [0.15, 0.2) is 11.0 Å². The summed E-state index contributed by atoms with van der Waals surface area (Å²) in [6.45, 7) is 1.99. The first-order valence-electron chi connectivity index (χ1n) is 10.0. The number of benzene rings is 2. The molecule has 1 amide bonds. The smallest absolute Gasteiger partial charge is 0.253 e. The summed E-state index contributed by atoms with van der Waals surface area (Å²) in [6.07, 6.45) is 3.48. The average Bonchev–Trinajstić information content (AvgIpc) is 3.23. The summed E-state index contributed by atoms with van der Waals surface area (Å²) in [5.74, 6) is 1.40. The van der Waals surface area contributed by atoms with E-state index in [1.807, 2.05) is 66.1 Å². The van der Waals surface area contributed by atoms with Gasteiger partial charge in [0.1, 0.15) is 0 Å². The monoisotopic (exact) mass is 463 g/mol. The predicted octanol–water partition coefficient (Wildman–Crippen LogP) is 5.29. The maximum Gasteiger partial charge on any atom is 0.253 e. The summed E-state index contributed by atoms with van der Waals surface area (Å²) in [5.41, 5.74) is 4.57. The number of aromatic nitrogens is 4. The van der Waals surface area contributed by atoms with Crippen molar-refractivity contribution in [2.75, 3.05) is 14.1 Å². The number of rotatable bonds is 6. The summed E-state index contributed by atoms with van der Waals surface area (Å²) in [7, 11) is 3.49. The van der Waals surface area contributed by atoms with E-state index in [9.17, 15) is 4.79 Å². The standard InChI is InChI=1S/C24H22ClN5OS/c1-16-20(25)5-4-6-21(16)30-22(18-11-13-26-14-12-18)27-28-24(30)32-15-17-7-9-19(10-8-17)23(31)29(2)3/h4-14H,15H2,1-3H3. The Bertz CT molecular complexity index is 1240. The largest absolute Gasteiger partial charge is 0.345 e. The highest BCUT2D eigenvalue weighted by atomic mass is 35.5. The Kier molecular flexibility index (Phi) is 6.58. The number of thioether (sulfide) groups is 1. The minimum atomic E-state index is -0.0117. The maximum atomic E-state index is 12.1. The lowest BCUT2D eigenvalue weighted by molar-refractivity contribution is 0.0827. The molecule has 0 aliphatic heterocycles. The van der Waals surface area contributed by atoms with Crippen molar-refractivity contribution in [2.24, 2.45) is 0 Å². The number of amides is 1. The van der Waals surface area contributed by atoms with Crippen molar-refractivity contribution in [3.63, 3.8) is 0 Å². The molecule has 0 fully saturated rings. The topological polar surface area (TPSA) is 63.9 Å². The first kappa shape index (κ1) is 22.0. The Labute approximate surface area is 196 Å². The van der Waals surface area contributed by atoms with Gasteiger partial charge in [-0.2, -0.15) is 0 Å². The lowest BCUT2D eigenvalue weighted by atomic mass is 10.1. The summed E-state index contributed by atoms with van der Waals surface area (Å²) < 4.78 is 2.03. The zero-order valence-corrected chi connectivity index (χ0v) is 19.6. The highest BCUT2D eigenvalue weighted by Gasteiger charge is 2.18. The molecule has 0 aliphatic rings. The molecule has 0 spiro atoms. The van der Waals surface area contributed by atoms with E-state index >= 15 is 0 Å². The van der Waals surface area contributed by atoms with Crippen LogP contribution < -0.4 is 0 Å². The van der Waals surface area contributed by atoms with Crippen LogP contribution in [-0.2, 0) is 5.75 Å². The fraction of sp³-hybridized carbons (Fsp3) is 0.167. The molecule has 8 heteroatoms. The first-order chi connectivity index (χ1) is 15.5. The SMILES string of the molecule is Cc1c(Cl)cccc1-n1c(SCc2ccc(C(=O)N(C)C)cc2)nnc1-c1ccncc1. The van der Waals surface area contributed by atoms with Gasteiger partial charge in [0, 0.05) is 48.4 Å². The molecular weight excluding hydrogens is 442 g/mol. The van der Waals surface area contributed by atoms with E-state index < -0.39 is 0 Å². The lowest BCUT2D eigenvalue weighted by Gasteiger charge is -2.14. The maximum absolute atomic E-state index is 12.1. The van der Waals surface area contributed by atoms with Crippen LogP contribution >= 0.6 is 23.4 Å². The van der Waals surface area contributed by atoms with Crippen LogP contribution in [0.5, 0.6) is 0 Å². The third-order valence-corrected chi connectivity index (χ3v) is 6.44. The normalized spacial score (nSPS) is 10.9. The van der Waals surface area contributed by atoms with Crippen molar-refractivity contribution in [1.29, 1.82) is 0 Å². The molecule has 0 aliphatic carbocycles. The van der Waals surface area contributed by atoms with Crippen molar-refractivity contribution in [1.82, 2.24) is 24.6 Å². The van der Waals surface area contributed by atoms with Gasteiger partial charge in [-0.3, -0.25) is 14.3 Å². The Morgan fingerprint density at radius 2 is 1.75 bits per heavy atom. The molecule has 2 aromatic carbocycles. The van der Waals surface area contributed by atoms with Crippen LogP contribution in [0.4, 0.5) is 0 Å². The number of hydrogen-bond acceptors (Lipinski definition) is 5. The molecule has 2 aromatic heterocycles. The van der Waals surface area contributed by atoms with Crippen molar-refractivity contribution >= 4 is 29.3 Å². The summed E-state index contributed by atoms with van der Waals surface area (Å²) >= 11 is 8.00. The summed E-state index contributed by atoms with van der Waals surface area (Å²) in [5, 5.41) is 10.4. The second kappa shape index (κ2) is 9.54. The summed E-state index contributed by atoms with van der Waals surface area (Å²) in [4.78, 5) is 17.8. The Morgan fingerprint density at radius 1 is 1.03 bits per heavy atom. The number of nitrogens with zero attached hydrogens (tertiary/aromatic N) is 5. The molecule has 0 unspecified atom stereocenters. The zero-order valence-electron chi connectivity index (χ0n) is 18.0. The van der Waals surface area contributed by atoms with Crippen molar-refractivity contribution in [3.05, 3.63) is 88.7 Å². The van der Waals surface area contributed by atoms with Crippen LogP contribution in [0.15, 0.2) is 72.1 Å². The molecular formula is C24H22ClN5OS. The van der Waals surface area contributed by atoms with Crippen molar-refractivity contribution < 1.29 is 4.79 Å². The molecule has 2 heterocycles. The van der Waals surface area contributed by atoms with E-state index in [1.165, 1.54) is 0 Å². The lowest BCUT2D eigenvalue weighted by Crippen LogP contribution is -2.21. The van der Waals surface area contributed by atoms with Crippen LogP contribution in [0.1, 0.15) is 21.5 Å². The number of carbonyl (C=O) groups excluding carboxylic acids is 1. The molecule has 0 radical (unpaired) electrons. The summed E-state index contributed by atoms with van der Waals surface area (Å²) in [6, 6.07) is 17.3. The van der Waals surface area contributed by atoms with Gasteiger partial charge < -0.3 is 4.90 Å². The molecule has 0 N–H and O–H groups in total. The van der Waals surface area contributed by atoms with Crippen molar-refractivity contribution in [2.45, 2.75) is 17.8 Å². The minimum Gasteiger partial charge on any atom is -0.345 e. The molecule has 6 nitrogen and oxygen atoms in total. The Morgan fingerprint density at radius 3 is 2.44 bits per heavy atom. The van der Waals surface area contributed by atoms with E-state index in [-0.39, 0.29) is 5.91 Å². The van der Waals surface area contributed by atoms with E-state index in [4.69, 9.17) is 11.6 Å². The van der Waals surface area contributed by atoms with Crippen LogP contribution in [0.25, 0.3) is 17.1 Å². The van der Waals surface area contributed by atoms with Gasteiger partial charge in [0.25, 0.3) is 5.91 Å². The van der Waals surface area contributed by atoms with Crippen LogP contribution in [0.3, 0.4) is 0 Å². The van der Waals surface area contributed by atoms with E-state index in [0.717, 1.165) is 33.4 Å². The number of halogens is 1. The van der Waals surface area contributed by atoms with E-state index in [1.54, 1.807) is 43.2 Å². The van der Waals surface area contributed by atoms with Gasteiger partial charge in [-0.15, -0.1) is 10.2 Å². The Balaban J connectivity index is 1.67. The van der Waals surface area contributed by atoms with Crippen LogP contribution in [0, 0.1) is 6.92 Å².